The minimum atomic E-state index is -0.439. The molecule has 0 radical (unpaired) electrons. The van der Waals surface area contributed by atoms with Gasteiger partial charge in [-0.05, 0) is 43.3 Å². The summed E-state index contributed by atoms with van der Waals surface area (Å²) in [4.78, 5) is 13.0. The van der Waals surface area contributed by atoms with Crippen molar-refractivity contribution in [2.45, 2.75) is 17.1 Å². The Morgan fingerprint density at radius 2 is 1.85 bits per heavy atom. The maximum absolute atomic E-state index is 13.4. The van der Waals surface area contributed by atoms with E-state index in [2.05, 4.69) is 5.32 Å². The van der Waals surface area contributed by atoms with E-state index in [0.29, 0.717) is 5.69 Å². The average molecular weight is 290 g/mol. The Morgan fingerprint density at radius 1 is 1.20 bits per heavy atom. The van der Waals surface area contributed by atoms with Crippen molar-refractivity contribution in [2.75, 3.05) is 11.1 Å². The van der Waals surface area contributed by atoms with Crippen molar-refractivity contribution < 1.29 is 9.18 Å². The zero-order valence-corrected chi connectivity index (χ0v) is 11.8. The Labute approximate surface area is 121 Å². The third-order valence-electron chi connectivity index (χ3n) is 2.69. The van der Waals surface area contributed by atoms with E-state index < -0.39 is 5.82 Å². The summed E-state index contributed by atoms with van der Waals surface area (Å²) in [6.45, 7) is 1.78. The molecule has 1 unspecified atom stereocenters. The zero-order chi connectivity index (χ0) is 14.5. The third kappa shape index (κ3) is 3.74. The Bertz CT molecular complexity index is 601. The Hall–Kier alpha value is -2.01. The summed E-state index contributed by atoms with van der Waals surface area (Å²) in [5, 5.41) is 2.25. The fourth-order valence-corrected chi connectivity index (χ4v) is 2.47. The van der Waals surface area contributed by atoms with Gasteiger partial charge >= 0.3 is 0 Å². The van der Waals surface area contributed by atoms with Crippen molar-refractivity contribution in [3.05, 3.63) is 54.3 Å². The van der Waals surface area contributed by atoms with Gasteiger partial charge in [0.05, 0.1) is 10.9 Å². The number of carbonyl (C=O) groups is 1. The maximum Gasteiger partial charge on any atom is 0.237 e. The predicted octanol–water partition coefficient (Wildman–Crippen LogP) is 3.53. The summed E-state index contributed by atoms with van der Waals surface area (Å²) >= 11 is 1.40. The van der Waals surface area contributed by atoms with Crippen molar-refractivity contribution in [2.24, 2.45) is 0 Å². The third-order valence-corrected chi connectivity index (χ3v) is 3.81. The van der Waals surface area contributed by atoms with Crippen LogP contribution in [0.5, 0.6) is 0 Å². The van der Waals surface area contributed by atoms with Gasteiger partial charge < -0.3 is 11.1 Å². The Kier molecular flexibility index (Phi) is 4.63. The monoisotopic (exact) mass is 290 g/mol. The van der Waals surface area contributed by atoms with E-state index >= 15 is 0 Å². The molecule has 0 bridgehead atoms. The molecule has 0 heterocycles. The molecule has 3 N–H and O–H groups in total. The second kappa shape index (κ2) is 6.43. The van der Waals surface area contributed by atoms with Gasteiger partial charge in [-0.15, -0.1) is 11.8 Å². The van der Waals surface area contributed by atoms with E-state index in [1.54, 1.807) is 31.2 Å². The first-order valence-electron chi connectivity index (χ1n) is 6.14. The molecule has 2 aromatic rings. The lowest BCUT2D eigenvalue weighted by Crippen LogP contribution is -2.22. The molecule has 0 aromatic heterocycles. The highest BCUT2D eigenvalue weighted by atomic mass is 32.2. The van der Waals surface area contributed by atoms with E-state index in [4.69, 9.17) is 5.73 Å². The minimum Gasteiger partial charge on any atom is -0.399 e. The second-order valence-corrected chi connectivity index (χ2v) is 5.71. The zero-order valence-electron chi connectivity index (χ0n) is 11.0. The highest BCUT2D eigenvalue weighted by molar-refractivity contribution is 8.00. The number of hydrogen-bond acceptors (Lipinski definition) is 3. The number of thioether (sulfide) groups is 1. The quantitative estimate of drug-likeness (QED) is 0.669. The molecule has 104 valence electrons. The molecule has 0 saturated heterocycles. The van der Waals surface area contributed by atoms with Crippen LogP contribution >= 0.6 is 11.8 Å². The summed E-state index contributed by atoms with van der Waals surface area (Å²) in [6.07, 6.45) is 0. The van der Waals surface area contributed by atoms with Gasteiger partial charge in [0.15, 0.2) is 0 Å². The molecule has 1 amide bonds. The molecule has 20 heavy (non-hydrogen) atoms. The van der Waals surface area contributed by atoms with Gasteiger partial charge in [-0.3, -0.25) is 4.79 Å². The molecule has 0 fully saturated rings. The highest BCUT2D eigenvalue weighted by Crippen LogP contribution is 2.25. The number of amides is 1. The van der Waals surface area contributed by atoms with Crippen LogP contribution in [0.2, 0.25) is 0 Å². The van der Waals surface area contributed by atoms with Crippen LogP contribution in [0.3, 0.4) is 0 Å². The minimum absolute atomic E-state index is 0.197. The van der Waals surface area contributed by atoms with Gasteiger partial charge in [0.1, 0.15) is 5.82 Å². The summed E-state index contributed by atoms with van der Waals surface area (Å²) in [7, 11) is 0. The first kappa shape index (κ1) is 14.4. The second-order valence-electron chi connectivity index (χ2n) is 4.30. The van der Waals surface area contributed by atoms with E-state index in [-0.39, 0.29) is 16.8 Å². The number of nitrogen functional groups attached to an aromatic ring is 1. The molecule has 0 saturated carbocycles. The molecule has 2 aromatic carbocycles. The number of para-hydroxylation sites is 1. The molecule has 0 spiro atoms. The lowest BCUT2D eigenvalue weighted by atomic mass is 10.3. The molecule has 0 aliphatic heterocycles. The standard InChI is InChI=1S/C15H15FN2OS/c1-10(20-12-8-6-11(17)7-9-12)15(19)18-14-5-3-2-4-13(14)16/h2-10H,17H2,1H3,(H,18,19). The van der Waals surface area contributed by atoms with Gasteiger partial charge in [0.25, 0.3) is 0 Å². The van der Waals surface area contributed by atoms with Crippen molar-refractivity contribution in [1.29, 1.82) is 0 Å². The lowest BCUT2D eigenvalue weighted by Gasteiger charge is -2.12. The number of halogens is 1. The van der Waals surface area contributed by atoms with Gasteiger partial charge in [-0.25, -0.2) is 4.39 Å². The molecule has 0 aliphatic carbocycles. The number of benzene rings is 2. The van der Waals surface area contributed by atoms with Gasteiger partial charge in [-0.2, -0.15) is 0 Å². The summed E-state index contributed by atoms with van der Waals surface area (Å²) in [6, 6.07) is 13.4. The van der Waals surface area contributed by atoms with Crippen LogP contribution in [0.1, 0.15) is 6.92 Å². The van der Waals surface area contributed by atoms with Crippen molar-refractivity contribution in [1.82, 2.24) is 0 Å². The van der Waals surface area contributed by atoms with Crippen LogP contribution in [0.15, 0.2) is 53.4 Å². The number of rotatable bonds is 4. The van der Waals surface area contributed by atoms with Crippen molar-refractivity contribution in [3.8, 4) is 0 Å². The molecule has 2 rings (SSSR count). The topological polar surface area (TPSA) is 55.1 Å². The van der Waals surface area contributed by atoms with Crippen molar-refractivity contribution in [3.63, 3.8) is 0 Å². The SMILES string of the molecule is CC(Sc1ccc(N)cc1)C(=O)Nc1ccccc1F. The van der Waals surface area contributed by atoms with Crippen LogP contribution in [-0.4, -0.2) is 11.2 Å². The van der Waals surface area contributed by atoms with Crippen LogP contribution in [0, 0.1) is 5.82 Å². The molecular formula is C15H15FN2OS. The van der Waals surface area contributed by atoms with Gasteiger partial charge in [0.2, 0.25) is 5.91 Å². The van der Waals surface area contributed by atoms with E-state index in [1.165, 1.54) is 23.9 Å². The normalized spacial score (nSPS) is 11.9. The Balaban J connectivity index is 1.99. The van der Waals surface area contributed by atoms with Crippen LogP contribution in [0.4, 0.5) is 15.8 Å². The summed E-state index contributed by atoms with van der Waals surface area (Å²) in [5.74, 6) is -0.678. The van der Waals surface area contributed by atoms with Gasteiger partial charge in [-0.1, -0.05) is 12.1 Å². The lowest BCUT2D eigenvalue weighted by molar-refractivity contribution is -0.115. The van der Waals surface area contributed by atoms with Crippen molar-refractivity contribution >= 4 is 29.0 Å². The van der Waals surface area contributed by atoms with E-state index in [9.17, 15) is 9.18 Å². The number of nitrogens with one attached hydrogen (secondary N) is 1. The largest absolute Gasteiger partial charge is 0.399 e. The van der Waals surface area contributed by atoms with E-state index in [1.807, 2.05) is 12.1 Å². The Morgan fingerprint density at radius 3 is 2.50 bits per heavy atom. The van der Waals surface area contributed by atoms with Crippen LogP contribution < -0.4 is 11.1 Å². The molecular weight excluding hydrogens is 275 g/mol. The maximum atomic E-state index is 13.4. The fraction of sp³-hybridized carbons (Fsp3) is 0.133. The molecule has 5 heteroatoms. The average Bonchev–Trinajstić information content (AvgIpc) is 2.44. The molecule has 1 atom stereocenters. The summed E-state index contributed by atoms with van der Waals surface area (Å²) < 4.78 is 13.4. The fourth-order valence-electron chi connectivity index (χ4n) is 1.60. The van der Waals surface area contributed by atoms with E-state index in [0.717, 1.165) is 4.90 Å². The highest BCUT2D eigenvalue weighted by Gasteiger charge is 2.15. The smallest absolute Gasteiger partial charge is 0.237 e. The first-order valence-corrected chi connectivity index (χ1v) is 7.02. The number of nitrogens with two attached hydrogens (primary N) is 1. The van der Waals surface area contributed by atoms with Crippen LogP contribution in [-0.2, 0) is 4.79 Å². The predicted molar refractivity (Wildman–Crippen MR) is 81.2 cm³/mol. The first-order chi connectivity index (χ1) is 9.56. The van der Waals surface area contributed by atoms with Crippen LogP contribution in [0.25, 0.3) is 0 Å². The number of anilines is 2. The molecule has 3 nitrogen and oxygen atoms in total. The van der Waals surface area contributed by atoms with Gasteiger partial charge in [0, 0.05) is 10.6 Å². The molecule has 0 aliphatic rings. The summed E-state index contributed by atoms with van der Waals surface area (Å²) in [5.41, 5.74) is 6.48. The number of hydrogen-bond donors (Lipinski definition) is 2. The number of carbonyl (C=O) groups excluding carboxylic acids is 1.